The highest BCUT2D eigenvalue weighted by molar-refractivity contribution is 6.32. The average molecular weight is 303 g/mol. The number of aromatic nitrogens is 1. The second-order valence-electron chi connectivity index (χ2n) is 5.59. The summed E-state index contributed by atoms with van der Waals surface area (Å²) in [5.74, 6) is 1.22. The molecule has 0 spiro atoms. The van der Waals surface area contributed by atoms with Crippen LogP contribution in [0, 0.1) is 13.8 Å². The van der Waals surface area contributed by atoms with Gasteiger partial charge in [0.1, 0.15) is 5.75 Å². The Morgan fingerprint density at radius 1 is 1.24 bits per heavy atom. The molecule has 0 unspecified atom stereocenters. The number of halogens is 1. The maximum atomic E-state index is 6.15. The van der Waals surface area contributed by atoms with E-state index in [0.717, 1.165) is 17.8 Å². The number of pyridine rings is 1. The molecule has 1 saturated carbocycles. The smallest absolute Gasteiger partial charge is 0.219 e. The van der Waals surface area contributed by atoms with Crippen LogP contribution in [0.2, 0.25) is 5.02 Å². The van der Waals surface area contributed by atoms with E-state index in [1.165, 1.54) is 18.4 Å². The van der Waals surface area contributed by atoms with Crippen molar-refractivity contribution in [2.24, 2.45) is 0 Å². The number of benzene rings is 1. The van der Waals surface area contributed by atoms with Crippen LogP contribution in [0.1, 0.15) is 29.7 Å². The molecule has 0 atom stereocenters. The molecule has 2 aromatic rings. The summed E-state index contributed by atoms with van der Waals surface area (Å²) in [5.41, 5.74) is 3.31. The van der Waals surface area contributed by atoms with Crippen molar-refractivity contribution in [3.05, 3.63) is 52.2 Å². The topological polar surface area (TPSA) is 34.1 Å². The van der Waals surface area contributed by atoms with Crippen molar-refractivity contribution in [1.29, 1.82) is 0 Å². The lowest BCUT2D eigenvalue weighted by molar-refractivity contribution is 0.460. The Bertz CT molecular complexity index is 653. The summed E-state index contributed by atoms with van der Waals surface area (Å²) in [6.45, 7) is 4.89. The van der Waals surface area contributed by atoms with Crippen molar-refractivity contribution in [2.75, 3.05) is 0 Å². The standard InChI is InChI=1S/C17H19ClN2O/c1-11-3-7-15(18)16(9-11)21-17-8-4-13(12(2)20-17)10-19-14-5-6-14/h3-4,7-9,14,19H,5-6,10H2,1-2H3. The molecule has 110 valence electrons. The first-order valence-corrected chi connectivity index (χ1v) is 7.63. The quantitative estimate of drug-likeness (QED) is 0.889. The van der Waals surface area contributed by atoms with Gasteiger partial charge in [-0.1, -0.05) is 23.7 Å². The number of rotatable bonds is 5. The first kappa shape index (κ1) is 14.4. The lowest BCUT2D eigenvalue weighted by atomic mass is 10.2. The van der Waals surface area contributed by atoms with E-state index in [1.807, 2.05) is 38.1 Å². The zero-order valence-electron chi connectivity index (χ0n) is 12.3. The second kappa shape index (κ2) is 6.04. The summed E-state index contributed by atoms with van der Waals surface area (Å²) in [7, 11) is 0. The van der Waals surface area contributed by atoms with Gasteiger partial charge in [-0.05, 0) is 49.9 Å². The van der Waals surface area contributed by atoms with E-state index >= 15 is 0 Å². The molecule has 1 heterocycles. The van der Waals surface area contributed by atoms with Crippen LogP contribution in [-0.4, -0.2) is 11.0 Å². The van der Waals surface area contributed by atoms with Gasteiger partial charge in [0.05, 0.1) is 5.02 Å². The minimum Gasteiger partial charge on any atom is -0.437 e. The average Bonchev–Trinajstić information content (AvgIpc) is 3.26. The molecule has 3 rings (SSSR count). The molecule has 0 radical (unpaired) electrons. The summed E-state index contributed by atoms with van der Waals surface area (Å²) in [6.07, 6.45) is 2.58. The van der Waals surface area contributed by atoms with Gasteiger partial charge >= 0.3 is 0 Å². The van der Waals surface area contributed by atoms with Crippen LogP contribution in [0.4, 0.5) is 0 Å². The third kappa shape index (κ3) is 3.74. The monoisotopic (exact) mass is 302 g/mol. The summed E-state index contributed by atoms with van der Waals surface area (Å²) < 4.78 is 5.80. The van der Waals surface area contributed by atoms with Gasteiger partial charge in [-0.25, -0.2) is 4.98 Å². The van der Waals surface area contributed by atoms with Crippen molar-refractivity contribution in [3.63, 3.8) is 0 Å². The van der Waals surface area contributed by atoms with E-state index in [-0.39, 0.29) is 0 Å². The molecule has 1 N–H and O–H groups in total. The molecule has 0 aliphatic heterocycles. The highest BCUT2D eigenvalue weighted by Crippen LogP contribution is 2.29. The fraction of sp³-hybridized carbons (Fsp3) is 0.353. The fourth-order valence-corrected chi connectivity index (χ4v) is 2.31. The van der Waals surface area contributed by atoms with Crippen LogP contribution in [0.25, 0.3) is 0 Å². The zero-order valence-corrected chi connectivity index (χ0v) is 13.1. The van der Waals surface area contributed by atoms with Gasteiger partial charge < -0.3 is 10.1 Å². The second-order valence-corrected chi connectivity index (χ2v) is 5.99. The summed E-state index contributed by atoms with van der Waals surface area (Å²) in [5, 5.41) is 4.09. The molecule has 1 aromatic heterocycles. The molecule has 0 bridgehead atoms. The number of nitrogens with one attached hydrogen (secondary N) is 1. The number of ether oxygens (including phenoxy) is 1. The van der Waals surface area contributed by atoms with Crippen molar-refractivity contribution >= 4 is 11.6 Å². The van der Waals surface area contributed by atoms with E-state index in [9.17, 15) is 0 Å². The highest BCUT2D eigenvalue weighted by atomic mass is 35.5. The van der Waals surface area contributed by atoms with Crippen molar-refractivity contribution in [3.8, 4) is 11.6 Å². The minimum atomic E-state index is 0.579. The van der Waals surface area contributed by atoms with E-state index in [2.05, 4.69) is 16.4 Å². The Morgan fingerprint density at radius 2 is 2.05 bits per heavy atom. The normalized spacial score (nSPS) is 14.2. The van der Waals surface area contributed by atoms with Crippen molar-refractivity contribution in [1.82, 2.24) is 10.3 Å². The van der Waals surface area contributed by atoms with Gasteiger partial charge in [0.25, 0.3) is 0 Å². The van der Waals surface area contributed by atoms with Crippen LogP contribution < -0.4 is 10.1 Å². The summed E-state index contributed by atoms with van der Waals surface area (Å²) in [6, 6.07) is 10.4. The number of aryl methyl sites for hydroxylation is 2. The predicted molar refractivity (Wildman–Crippen MR) is 85.1 cm³/mol. The minimum absolute atomic E-state index is 0.579. The van der Waals surface area contributed by atoms with E-state index in [1.54, 1.807) is 0 Å². The van der Waals surface area contributed by atoms with Gasteiger partial charge in [0.15, 0.2) is 0 Å². The first-order valence-electron chi connectivity index (χ1n) is 7.26. The molecular formula is C17H19ClN2O. The van der Waals surface area contributed by atoms with Crippen LogP contribution in [-0.2, 0) is 6.54 Å². The van der Waals surface area contributed by atoms with Crippen LogP contribution in [0.3, 0.4) is 0 Å². The highest BCUT2D eigenvalue weighted by Gasteiger charge is 2.20. The Labute approximate surface area is 130 Å². The molecule has 21 heavy (non-hydrogen) atoms. The lowest BCUT2D eigenvalue weighted by Gasteiger charge is -2.11. The molecule has 3 nitrogen and oxygen atoms in total. The summed E-state index contributed by atoms with van der Waals surface area (Å²) in [4.78, 5) is 4.52. The third-order valence-electron chi connectivity index (χ3n) is 3.63. The van der Waals surface area contributed by atoms with Gasteiger partial charge in [-0.2, -0.15) is 0 Å². The van der Waals surface area contributed by atoms with Crippen molar-refractivity contribution < 1.29 is 4.74 Å². The van der Waals surface area contributed by atoms with Gasteiger partial charge in [-0.3, -0.25) is 0 Å². The molecule has 1 fully saturated rings. The molecule has 1 aliphatic rings. The fourth-order valence-electron chi connectivity index (χ4n) is 2.15. The largest absolute Gasteiger partial charge is 0.437 e. The van der Waals surface area contributed by atoms with Gasteiger partial charge in [-0.15, -0.1) is 0 Å². The number of hydrogen-bond acceptors (Lipinski definition) is 3. The summed E-state index contributed by atoms with van der Waals surface area (Å²) >= 11 is 6.15. The molecular weight excluding hydrogens is 284 g/mol. The van der Waals surface area contributed by atoms with Crippen molar-refractivity contribution in [2.45, 2.75) is 39.3 Å². The SMILES string of the molecule is Cc1ccc(Cl)c(Oc2ccc(CNC3CC3)c(C)n2)c1. The molecule has 0 amide bonds. The third-order valence-corrected chi connectivity index (χ3v) is 3.94. The van der Waals surface area contributed by atoms with Gasteiger partial charge in [0, 0.05) is 24.3 Å². The molecule has 4 heteroatoms. The van der Waals surface area contributed by atoms with E-state index < -0.39 is 0 Å². The predicted octanol–water partition coefficient (Wildman–Crippen LogP) is 4.40. The molecule has 0 saturated heterocycles. The molecule has 1 aliphatic carbocycles. The first-order chi connectivity index (χ1) is 10.1. The Kier molecular flexibility index (Phi) is 4.13. The number of nitrogens with zero attached hydrogens (tertiary/aromatic N) is 1. The van der Waals surface area contributed by atoms with Crippen LogP contribution in [0.15, 0.2) is 30.3 Å². The van der Waals surface area contributed by atoms with Crippen LogP contribution in [0.5, 0.6) is 11.6 Å². The maximum Gasteiger partial charge on any atom is 0.219 e. The molecule has 1 aromatic carbocycles. The maximum absolute atomic E-state index is 6.15. The van der Waals surface area contributed by atoms with E-state index in [4.69, 9.17) is 16.3 Å². The van der Waals surface area contributed by atoms with E-state index in [0.29, 0.717) is 22.7 Å². The Morgan fingerprint density at radius 3 is 2.76 bits per heavy atom. The zero-order chi connectivity index (χ0) is 14.8. The number of hydrogen-bond donors (Lipinski definition) is 1. The van der Waals surface area contributed by atoms with Gasteiger partial charge in [0.2, 0.25) is 5.88 Å². The van der Waals surface area contributed by atoms with Crippen LogP contribution >= 0.6 is 11.6 Å². The Hall–Kier alpha value is -1.58. The Balaban J connectivity index is 1.73. The lowest BCUT2D eigenvalue weighted by Crippen LogP contribution is -2.16.